The monoisotopic (exact) mass is 221 g/mol. The molecule has 0 bridgehead atoms. The lowest BCUT2D eigenvalue weighted by atomic mass is 10.6. The van der Waals surface area contributed by atoms with E-state index in [-0.39, 0.29) is 10.3 Å². The van der Waals surface area contributed by atoms with Crippen molar-refractivity contribution in [2.75, 3.05) is 5.48 Å². The molecule has 0 radical (unpaired) electrons. The van der Waals surface area contributed by atoms with Crippen LogP contribution < -0.4 is 16.7 Å². The van der Waals surface area contributed by atoms with Crippen LogP contribution >= 0.6 is 15.9 Å². The Hall–Kier alpha value is -1.08. The standard InChI is InChI=1S/C4H4BrN3O3/c5-1-2(8-11)6-4(10)7-3(1)9/h11H,(H3,6,7,8,9,10). The van der Waals surface area contributed by atoms with E-state index in [1.165, 1.54) is 0 Å². The van der Waals surface area contributed by atoms with Crippen LogP contribution in [0.3, 0.4) is 0 Å². The fourth-order valence-corrected chi connectivity index (χ4v) is 0.835. The average molecular weight is 222 g/mol. The second-order valence-electron chi connectivity index (χ2n) is 1.71. The molecule has 4 N–H and O–H groups in total. The van der Waals surface area contributed by atoms with Crippen LogP contribution in [0.5, 0.6) is 0 Å². The molecule has 0 spiro atoms. The van der Waals surface area contributed by atoms with Crippen molar-refractivity contribution in [1.29, 1.82) is 0 Å². The summed E-state index contributed by atoms with van der Waals surface area (Å²) in [5.74, 6) is -0.0706. The van der Waals surface area contributed by atoms with Crippen molar-refractivity contribution in [3.05, 3.63) is 25.3 Å². The Morgan fingerprint density at radius 3 is 2.55 bits per heavy atom. The number of halogens is 1. The molecule has 0 fully saturated rings. The first-order valence-corrected chi connectivity index (χ1v) is 3.36. The smallest absolute Gasteiger partial charge is 0.291 e. The van der Waals surface area contributed by atoms with E-state index >= 15 is 0 Å². The van der Waals surface area contributed by atoms with E-state index in [0.717, 1.165) is 0 Å². The quantitative estimate of drug-likeness (QED) is 0.487. The molecule has 1 aromatic heterocycles. The van der Waals surface area contributed by atoms with Gasteiger partial charge in [0.1, 0.15) is 4.47 Å². The van der Waals surface area contributed by atoms with E-state index < -0.39 is 11.2 Å². The highest BCUT2D eigenvalue weighted by Crippen LogP contribution is 2.09. The summed E-state index contributed by atoms with van der Waals surface area (Å²) >= 11 is 2.84. The van der Waals surface area contributed by atoms with Crippen LogP contribution in [0.1, 0.15) is 0 Å². The summed E-state index contributed by atoms with van der Waals surface area (Å²) in [6.45, 7) is 0. The molecular formula is C4H4BrN3O3. The van der Waals surface area contributed by atoms with Crippen LogP contribution in [0.2, 0.25) is 0 Å². The Morgan fingerprint density at radius 2 is 2.00 bits per heavy atom. The van der Waals surface area contributed by atoms with Gasteiger partial charge in [-0.15, -0.1) is 0 Å². The van der Waals surface area contributed by atoms with Crippen molar-refractivity contribution in [2.45, 2.75) is 0 Å². The SMILES string of the molecule is O=c1[nH]c(NO)c(Br)c(=O)[nH]1. The number of anilines is 1. The molecule has 0 aliphatic rings. The lowest BCUT2D eigenvalue weighted by molar-refractivity contribution is 0.384. The summed E-state index contributed by atoms with van der Waals surface area (Å²) in [5.41, 5.74) is 0.363. The van der Waals surface area contributed by atoms with Gasteiger partial charge in [-0.3, -0.25) is 25.4 Å². The lowest BCUT2D eigenvalue weighted by Gasteiger charge is -1.97. The van der Waals surface area contributed by atoms with Gasteiger partial charge in [-0.1, -0.05) is 0 Å². The van der Waals surface area contributed by atoms with E-state index in [4.69, 9.17) is 5.21 Å². The minimum absolute atomic E-state index is 0.0413. The van der Waals surface area contributed by atoms with Gasteiger partial charge in [0.25, 0.3) is 5.56 Å². The van der Waals surface area contributed by atoms with Gasteiger partial charge in [-0.05, 0) is 15.9 Å². The van der Waals surface area contributed by atoms with Crippen molar-refractivity contribution in [1.82, 2.24) is 9.97 Å². The molecule has 0 aliphatic heterocycles. The molecule has 0 aliphatic carbocycles. The largest absolute Gasteiger partial charge is 0.327 e. The van der Waals surface area contributed by atoms with Gasteiger partial charge >= 0.3 is 5.69 Å². The van der Waals surface area contributed by atoms with E-state index in [0.29, 0.717) is 0 Å². The van der Waals surface area contributed by atoms with Crippen LogP contribution in [0.15, 0.2) is 14.1 Å². The molecule has 0 saturated heterocycles. The Bertz CT molecular complexity index is 368. The van der Waals surface area contributed by atoms with Gasteiger partial charge in [0.2, 0.25) is 0 Å². The maximum Gasteiger partial charge on any atom is 0.327 e. The maximum absolute atomic E-state index is 10.7. The first-order chi connectivity index (χ1) is 5.15. The number of H-pyrrole nitrogens is 2. The Morgan fingerprint density at radius 1 is 1.36 bits per heavy atom. The zero-order valence-corrected chi connectivity index (χ0v) is 6.73. The molecule has 0 aromatic carbocycles. The predicted octanol–water partition coefficient (Wildman–Crippen LogP) is -0.373. The predicted molar refractivity (Wildman–Crippen MR) is 40.8 cm³/mol. The molecule has 7 heteroatoms. The van der Waals surface area contributed by atoms with Gasteiger partial charge in [0.05, 0.1) is 0 Å². The fraction of sp³-hybridized carbons (Fsp3) is 0. The number of hydrogen-bond acceptors (Lipinski definition) is 4. The minimum atomic E-state index is -0.685. The average Bonchev–Trinajstić information content (AvgIpc) is 1.96. The molecule has 11 heavy (non-hydrogen) atoms. The van der Waals surface area contributed by atoms with Crippen molar-refractivity contribution >= 4 is 21.7 Å². The fourth-order valence-electron chi connectivity index (χ4n) is 0.548. The molecule has 1 heterocycles. The molecule has 0 unspecified atom stereocenters. The Balaban J connectivity index is 3.49. The van der Waals surface area contributed by atoms with Gasteiger partial charge in [-0.25, -0.2) is 4.79 Å². The molecule has 60 valence electrons. The van der Waals surface area contributed by atoms with Crippen LogP contribution in [-0.2, 0) is 0 Å². The Labute approximate surface area is 68.4 Å². The highest BCUT2D eigenvalue weighted by atomic mass is 79.9. The summed E-state index contributed by atoms with van der Waals surface area (Å²) in [5, 5.41) is 8.36. The molecule has 0 amide bonds. The van der Waals surface area contributed by atoms with Crippen LogP contribution in [0.25, 0.3) is 0 Å². The van der Waals surface area contributed by atoms with Crippen molar-refractivity contribution < 1.29 is 5.21 Å². The van der Waals surface area contributed by atoms with E-state index in [1.54, 1.807) is 5.48 Å². The van der Waals surface area contributed by atoms with Gasteiger partial charge in [0, 0.05) is 0 Å². The van der Waals surface area contributed by atoms with Gasteiger partial charge in [0.15, 0.2) is 5.82 Å². The van der Waals surface area contributed by atoms with Crippen LogP contribution in [0, 0.1) is 0 Å². The summed E-state index contributed by atoms with van der Waals surface area (Å²) in [6.07, 6.45) is 0. The first kappa shape index (κ1) is 8.02. The van der Waals surface area contributed by atoms with Crippen molar-refractivity contribution in [3.63, 3.8) is 0 Å². The molecule has 1 aromatic rings. The van der Waals surface area contributed by atoms with E-state index in [2.05, 4.69) is 20.9 Å². The molecule has 6 nitrogen and oxygen atoms in total. The number of rotatable bonds is 1. The summed E-state index contributed by atoms with van der Waals surface area (Å²) in [4.78, 5) is 25.4. The summed E-state index contributed by atoms with van der Waals surface area (Å²) in [7, 11) is 0. The highest BCUT2D eigenvalue weighted by molar-refractivity contribution is 9.10. The zero-order valence-electron chi connectivity index (χ0n) is 5.14. The normalized spacial score (nSPS) is 9.64. The summed E-state index contributed by atoms with van der Waals surface area (Å²) in [6, 6.07) is 0. The van der Waals surface area contributed by atoms with Crippen molar-refractivity contribution in [2.24, 2.45) is 0 Å². The number of hydrogen-bond donors (Lipinski definition) is 4. The molecule has 0 atom stereocenters. The van der Waals surface area contributed by atoms with Crippen LogP contribution in [0.4, 0.5) is 5.82 Å². The first-order valence-electron chi connectivity index (χ1n) is 2.57. The van der Waals surface area contributed by atoms with Crippen LogP contribution in [-0.4, -0.2) is 15.2 Å². The zero-order chi connectivity index (χ0) is 8.43. The number of nitrogens with one attached hydrogen (secondary N) is 3. The van der Waals surface area contributed by atoms with E-state index in [1.807, 2.05) is 4.98 Å². The number of aromatic amines is 2. The third kappa shape index (κ3) is 1.49. The summed E-state index contributed by atoms with van der Waals surface area (Å²) < 4.78 is 0.0413. The molecular weight excluding hydrogens is 218 g/mol. The lowest BCUT2D eigenvalue weighted by Crippen LogP contribution is -2.24. The van der Waals surface area contributed by atoms with Gasteiger partial charge in [-0.2, -0.15) is 0 Å². The molecule has 0 saturated carbocycles. The third-order valence-corrected chi connectivity index (χ3v) is 1.75. The minimum Gasteiger partial charge on any atom is -0.291 e. The second-order valence-corrected chi connectivity index (χ2v) is 2.50. The van der Waals surface area contributed by atoms with Crippen molar-refractivity contribution in [3.8, 4) is 0 Å². The topological polar surface area (TPSA) is 98.0 Å². The third-order valence-electron chi connectivity index (χ3n) is 0.996. The Kier molecular flexibility index (Phi) is 2.11. The second kappa shape index (κ2) is 2.89. The highest BCUT2D eigenvalue weighted by Gasteiger charge is 2.03. The molecule has 1 rings (SSSR count). The maximum atomic E-state index is 10.7. The number of aromatic nitrogens is 2. The van der Waals surface area contributed by atoms with E-state index in [9.17, 15) is 9.59 Å². The van der Waals surface area contributed by atoms with Gasteiger partial charge < -0.3 is 0 Å².